The minimum absolute atomic E-state index is 0.0547. The van der Waals surface area contributed by atoms with Gasteiger partial charge in [0.1, 0.15) is 11.5 Å². The standard InChI is InChI=1S/C20H16Cl2FNO3/c1-2-25-18-10-9-17(23)19(24-18)20(26-15-7-3-5-13(21)11-15)27-16-8-4-6-14(22)12-16/h3-12,20H,2H2,1H3. The lowest BCUT2D eigenvalue weighted by molar-refractivity contribution is -0.00307. The van der Waals surface area contributed by atoms with Crippen LogP contribution in [0.1, 0.15) is 18.9 Å². The molecule has 0 saturated carbocycles. The maximum absolute atomic E-state index is 14.5. The molecule has 0 bridgehead atoms. The van der Waals surface area contributed by atoms with Crippen LogP contribution in [-0.4, -0.2) is 11.6 Å². The third-order valence-corrected chi connectivity index (χ3v) is 3.91. The molecular weight excluding hydrogens is 392 g/mol. The van der Waals surface area contributed by atoms with Crippen molar-refractivity contribution in [3.63, 3.8) is 0 Å². The highest BCUT2D eigenvalue weighted by Crippen LogP contribution is 2.30. The van der Waals surface area contributed by atoms with Gasteiger partial charge in [-0.05, 0) is 49.4 Å². The van der Waals surface area contributed by atoms with Crippen molar-refractivity contribution in [1.82, 2.24) is 4.98 Å². The minimum atomic E-state index is -1.18. The lowest BCUT2D eigenvalue weighted by Crippen LogP contribution is -2.18. The van der Waals surface area contributed by atoms with Gasteiger partial charge in [0, 0.05) is 16.1 Å². The van der Waals surface area contributed by atoms with E-state index in [0.717, 1.165) is 0 Å². The van der Waals surface area contributed by atoms with E-state index in [0.29, 0.717) is 28.2 Å². The van der Waals surface area contributed by atoms with E-state index in [2.05, 4.69) is 4.98 Å². The van der Waals surface area contributed by atoms with E-state index in [1.807, 2.05) is 6.92 Å². The number of ether oxygens (including phenoxy) is 3. The molecule has 1 heterocycles. The molecule has 0 N–H and O–H groups in total. The molecule has 0 fully saturated rings. The summed E-state index contributed by atoms with van der Waals surface area (Å²) in [5.41, 5.74) is -0.0547. The molecule has 0 unspecified atom stereocenters. The summed E-state index contributed by atoms with van der Waals surface area (Å²) in [7, 11) is 0. The van der Waals surface area contributed by atoms with E-state index >= 15 is 0 Å². The summed E-state index contributed by atoms with van der Waals surface area (Å²) >= 11 is 12.0. The second kappa shape index (κ2) is 8.93. The van der Waals surface area contributed by atoms with Crippen LogP contribution in [0, 0.1) is 5.82 Å². The van der Waals surface area contributed by atoms with Crippen LogP contribution in [0.15, 0.2) is 60.7 Å². The van der Waals surface area contributed by atoms with E-state index in [-0.39, 0.29) is 11.6 Å². The van der Waals surface area contributed by atoms with Crippen LogP contribution in [0.4, 0.5) is 4.39 Å². The Morgan fingerprint density at radius 1 is 0.926 bits per heavy atom. The highest BCUT2D eigenvalue weighted by molar-refractivity contribution is 6.31. The van der Waals surface area contributed by atoms with Gasteiger partial charge < -0.3 is 14.2 Å². The normalized spacial score (nSPS) is 10.7. The first-order chi connectivity index (χ1) is 13.0. The van der Waals surface area contributed by atoms with Crippen LogP contribution < -0.4 is 14.2 Å². The maximum atomic E-state index is 14.5. The first-order valence-electron chi connectivity index (χ1n) is 8.19. The summed E-state index contributed by atoms with van der Waals surface area (Å²) in [6.45, 7) is 2.21. The summed E-state index contributed by atoms with van der Waals surface area (Å²) in [5.74, 6) is 0.478. The van der Waals surface area contributed by atoms with E-state index in [1.54, 1.807) is 48.5 Å². The second-order valence-electron chi connectivity index (χ2n) is 5.43. The van der Waals surface area contributed by atoms with Gasteiger partial charge in [0.25, 0.3) is 6.29 Å². The number of benzene rings is 2. The molecule has 0 aliphatic rings. The molecule has 2 aromatic carbocycles. The Bertz CT molecular complexity index is 876. The Kier molecular flexibility index (Phi) is 6.37. The van der Waals surface area contributed by atoms with Crippen LogP contribution in [-0.2, 0) is 0 Å². The average molecular weight is 408 g/mol. The van der Waals surface area contributed by atoms with Crippen molar-refractivity contribution in [3.8, 4) is 17.4 Å². The van der Waals surface area contributed by atoms with Gasteiger partial charge in [-0.15, -0.1) is 0 Å². The third-order valence-electron chi connectivity index (χ3n) is 3.44. The molecule has 1 aromatic heterocycles. The molecule has 0 amide bonds. The predicted octanol–water partition coefficient (Wildman–Crippen LogP) is 6.08. The highest BCUT2D eigenvalue weighted by Gasteiger charge is 2.23. The van der Waals surface area contributed by atoms with Crippen molar-refractivity contribution in [3.05, 3.63) is 82.2 Å². The summed E-state index contributed by atoms with van der Waals surface area (Å²) in [6, 6.07) is 16.1. The monoisotopic (exact) mass is 407 g/mol. The van der Waals surface area contributed by atoms with Crippen molar-refractivity contribution in [2.24, 2.45) is 0 Å². The molecule has 3 rings (SSSR count). The fourth-order valence-electron chi connectivity index (χ4n) is 2.30. The topological polar surface area (TPSA) is 40.6 Å². The Labute approximate surface area is 166 Å². The fourth-order valence-corrected chi connectivity index (χ4v) is 2.66. The van der Waals surface area contributed by atoms with Gasteiger partial charge in [-0.1, -0.05) is 35.3 Å². The Morgan fingerprint density at radius 2 is 1.52 bits per heavy atom. The zero-order valence-corrected chi connectivity index (χ0v) is 15.9. The second-order valence-corrected chi connectivity index (χ2v) is 6.30. The van der Waals surface area contributed by atoms with E-state index in [4.69, 9.17) is 37.4 Å². The molecule has 7 heteroatoms. The average Bonchev–Trinajstić information content (AvgIpc) is 2.63. The van der Waals surface area contributed by atoms with E-state index < -0.39 is 12.1 Å². The Hall–Kier alpha value is -2.50. The molecule has 3 aromatic rings. The van der Waals surface area contributed by atoms with Gasteiger partial charge in [-0.25, -0.2) is 9.37 Å². The summed E-state index contributed by atoms with van der Waals surface area (Å²) in [4.78, 5) is 4.19. The SMILES string of the molecule is CCOc1ccc(F)c(C(Oc2cccc(Cl)c2)Oc2cccc(Cl)c2)n1. The Balaban J connectivity index is 1.97. The summed E-state index contributed by atoms with van der Waals surface area (Å²) in [5, 5.41) is 0.955. The van der Waals surface area contributed by atoms with Crippen molar-refractivity contribution < 1.29 is 18.6 Å². The zero-order valence-electron chi connectivity index (χ0n) is 14.4. The molecule has 0 saturated heterocycles. The molecule has 0 spiro atoms. The number of hydrogen-bond acceptors (Lipinski definition) is 4. The molecule has 27 heavy (non-hydrogen) atoms. The number of pyridine rings is 1. The third kappa shape index (κ3) is 5.25. The predicted molar refractivity (Wildman–Crippen MR) is 102 cm³/mol. The van der Waals surface area contributed by atoms with Crippen LogP contribution in [0.2, 0.25) is 10.0 Å². The van der Waals surface area contributed by atoms with Gasteiger partial charge in [0.05, 0.1) is 6.61 Å². The summed E-state index contributed by atoms with van der Waals surface area (Å²) in [6.07, 6.45) is -1.18. The summed E-state index contributed by atoms with van der Waals surface area (Å²) < 4.78 is 31.5. The number of hydrogen-bond donors (Lipinski definition) is 0. The van der Waals surface area contributed by atoms with Gasteiger partial charge >= 0.3 is 0 Å². The van der Waals surface area contributed by atoms with Crippen LogP contribution in [0.3, 0.4) is 0 Å². The maximum Gasteiger partial charge on any atom is 0.287 e. The number of nitrogens with zero attached hydrogens (tertiary/aromatic N) is 1. The van der Waals surface area contributed by atoms with Gasteiger partial charge in [0.15, 0.2) is 11.5 Å². The first-order valence-corrected chi connectivity index (χ1v) is 8.94. The van der Waals surface area contributed by atoms with E-state index in [1.165, 1.54) is 12.1 Å². The van der Waals surface area contributed by atoms with Crippen molar-refractivity contribution in [2.75, 3.05) is 6.61 Å². The van der Waals surface area contributed by atoms with Crippen LogP contribution >= 0.6 is 23.2 Å². The van der Waals surface area contributed by atoms with Crippen molar-refractivity contribution in [2.45, 2.75) is 13.2 Å². The molecule has 0 radical (unpaired) electrons. The van der Waals surface area contributed by atoms with Crippen molar-refractivity contribution >= 4 is 23.2 Å². The Morgan fingerprint density at radius 3 is 2.04 bits per heavy atom. The van der Waals surface area contributed by atoms with Crippen LogP contribution in [0.25, 0.3) is 0 Å². The number of rotatable bonds is 7. The zero-order chi connectivity index (χ0) is 19.2. The van der Waals surface area contributed by atoms with Gasteiger partial charge in [0.2, 0.25) is 5.88 Å². The number of aromatic nitrogens is 1. The molecule has 4 nitrogen and oxygen atoms in total. The molecule has 0 aliphatic carbocycles. The molecule has 140 valence electrons. The number of halogens is 3. The first kappa shape index (κ1) is 19.3. The lowest BCUT2D eigenvalue weighted by atomic mass is 10.3. The fraction of sp³-hybridized carbons (Fsp3) is 0.150. The van der Waals surface area contributed by atoms with Crippen molar-refractivity contribution in [1.29, 1.82) is 0 Å². The minimum Gasteiger partial charge on any atom is -0.478 e. The quantitative estimate of drug-likeness (QED) is 0.444. The van der Waals surface area contributed by atoms with Gasteiger partial charge in [-0.3, -0.25) is 0 Å². The lowest BCUT2D eigenvalue weighted by Gasteiger charge is -2.21. The van der Waals surface area contributed by atoms with Gasteiger partial charge in [-0.2, -0.15) is 0 Å². The molecular formula is C20H16Cl2FNO3. The largest absolute Gasteiger partial charge is 0.478 e. The smallest absolute Gasteiger partial charge is 0.287 e. The van der Waals surface area contributed by atoms with Crippen LogP contribution in [0.5, 0.6) is 17.4 Å². The molecule has 0 aliphatic heterocycles. The van der Waals surface area contributed by atoms with E-state index in [9.17, 15) is 4.39 Å². The molecule has 0 atom stereocenters. The highest BCUT2D eigenvalue weighted by atomic mass is 35.5.